The van der Waals surface area contributed by atoms with Crippen LogP contribution in [-0.4, -0.2) is 116 Å². The highest BCUT2D eigenvalue weighted by atomic mass is 16.7. The van der Waals surface area contributed by atoms with Gasteiger partial charge in [0.2, 0.25) is 23.8 Å². The van der Waals surface area contributed by atoms with Crippen LogP contribution in [0.15, 0.2) is 51.2 Å². The van der Waals surface area contributed by atoms with E-state index in [4.69, 9.17) is 28.1 Å². The van der Waals surface area contributed by atoms with Crippen LogP contribution in [-0.2, 0) is 15.9 Å². The van der Waals surface area contributed by atoms with Crippen molar-refractivity contribution in [2.75, 3.05) is 13.7 Å². The molecule has 0 spiro atoms. The number of phenols is 1. The molecule has 0 bridgehead atoms. The highest BCUT2D eigenvalue weighted by Crippen LogP contribution is 2.41. The number of allylic oxidation sites excluding steroid dienone is 2. The Balaban J connectivity index is 1.71. The molecule has 0 saturated carbocycles. The summed E-state index contributed by atoms with van der Waals surface area (Å²) in [5.74, 6) is -0.922. The van der Waals surface area contributed by atoms with E-state index < -0.39 is 84.9 Å². The lowest BCUT2D eigenvalue weighted by molar-refractivity contribution is -0.277. The SMILES string of the molecule is COc1ccc(-c2oc3c(CC=C(C)C)c(OC4O[C@H](CO)[C@@H](O)[C@H](O)[C@@H]4O)cc(O)c3c(=O)c2OC2O[C@@H](C)[C@H](O)[C@@H](O)[C@@H]2O)cc1. The van der Waals surface area contributed by atoms with E-state index in [-0.39, 0.29) is 34.5 Å². The van der Waals surface area contributed by atoms with Gasteiger partial charge in [-0.3, -0.25) is 4.79 Å². The van der Waals surface area contributed by atoms with Crippen LogP contribution in [0.4, 0.5) is 0 Å². The summed E-state index contributed by atoms with van der Waals surface area (Å²) in [6.07, 6.45) is -13.7. The van der Waals surface area contributed by atoms with Crippen LogP contribution >= 0.6 is 0 Å². The zero-order valence-electron chi connectivity index (χ0n) is 26.6. The van der Waals surface area contributed by atoms with Gasteiger partial charge < -0.3 is 69.0 Å². The third kappa shape index (κ3) is 6.74. The Morgan fingerprint density at radius 3 is 2.10 bits per heavy atom. The fourth-order valence-electron chi connectivity index (χ4n) is 5.52. The number of benzene rings is 2. The number of aliphatic hydroxyl groups is 7. The van der Waals surface area contributed by atoms with E-state index in [1.54, 1.807) is 30.3 Å². The average Bonchev–Trinajstić information content (AvgIpc) is 3.06. The fraction of sp³-hybridized carbons (Fsp3) is 0.485. The molecule has 0 amide bonds. The molecule has 10 atom stereocenters. The molecular weight excluding hydrogens is 636 g/mol. The van der Waals surface area contributed by atoms with Crippen LogP contribution in [0, 0.1) is 0 Å². The van der Waals surface area contributed by atoms with Crippen molar-refractivity contribution in [2.45, 2.75) is 88.6 Å². The molecule has 3 heterocycles. The third-order valence-corrected chi connectivity index (χ3v) is 8.37. The Hall–Kier alpha value is -3.77. The van der Waals surface area contributed by atoms with Crippen LogP contribution in [0.1, 0.15) is 26.3 Å². The second-order valence-electron chi connectivity index (χ2n) is 12.0. The molecule has 15 nitrogen and oxygen atoms in total. The van der Waals surface area contributed by atoms with Crippen molar-refractivity contribution < 1.29 is 69.0 Å². The second kappa shape index (κ2) is 14.4. The van der Waals surface area contributed by atoms with Crippen LogP contribution in [0.5, 0.6) is 23.0 Å². The van der Waals surface area contributed by atoms with Gasteiger partial charge in [-0.05, 0) is 51.5 Å². The lowest BCUT2D eigenvalue weighted by Gasteiger charge is -2.39. The number of aliphatic hydroxyl groups excluding tert-OH is 7. The molecule has 2 unspecified atom stereocenters. The average molecular weight is 677 g/mol. The van der Waals surface area contributed by atoms with Crippen molar-refractivity contribution >= 4 is 11.0 Å². The summed E-state index contributed by atoms with van der Waals surface area (Å²) >= 11 is 0. The smallest absolute Gasteiger partial charge is 0.239 e. The molecule has 2 aliphatic heterocycles. The maximum Gasteiger partial charge on any atom is 0.239 e. The molecular formula is C33H40O15. The van der Waals surface area contributed by atoms with Crippen LogP contribution in [0.3, 0.4) is 0 Å². The first-order valence-electron chi connectivity index (χ1n) is 15.2. The normalized spacial score (nSPS) is 30.6. The Labute approximate surface area is 274 Å². The van der Waals surface area contributed by atoms with Crippen molar-refractivity contribution in [2.24, 2.45) is 0 Å². The number of phenolic OH excluding ortho intramolecular Hbond substituents is 1. The van der Waals surface area contributed by atoms with Crippen LogP contribution in [0.2, 0.25) is 0 Å². The molecule has 3 aromatic rings. The van der Waals surface area contributed by atoms with Gasteiger partial charge >= 0.3 is 0 Å². The molecule has 48 heavy (non-hydrogen) atoms. The predicted molar refractivity (Wildman–Crippen MR) is 167 cm³/mol. The van der Waals surface area contributed by atoms with E-state index >= 15 is 0 Å². The summed E-state index contributed by atoms with van der Waals surface area (Å²) in [7, 11) is 1.47. The number of methoxy groups -OCH3 is 1. The van der Waals surface area contributed by atoms with E-state index in [0.29, 0.717) is 11.3 Å². The van der Waals surface area contributed by atoms with Gasteiger partial charge in [-0.2, -0.15) is 0 Å². The third-order valence-electron chi connectivity index (χ3n) is 8.37. The number of rotatable bonds is 9. The molecule has 15 heteroatoms. The van der Waals surface area contributed by atoms with E-state index in [1.165, 1.54) is 14.0 Å². The second-order valence-corrected chi connectivity index (χ2v) is 12.0. The first-order valence-corrected chi connectivity index (χ1v) is 15.2. The topological polar surface area (TPSA) is 238 Å². The van der Waals surface area contributed by atoms with Gasteiger partial charge in [-0.25, -0.2) is 0 Å². The molecule has 0 radical (unpaired) electrons. The standard InChI is InChI=1S/C33H40O15/c1-13(2)5-10-17-19(45-33-28(42)26(40)23(37)20(12-34)46-33)11-18(35)21-24(38)31(48-32-27(41)25(39)22(36)14(3)44-32)29(47-30(17)21)15-6-8-16(43-4)9-7-15/h5-9,11,14,20,22-23,25-28,32-37,39-42H,10,12H2,1-4H3/t14-,20+,22-,23+,25+,26-,27-,28-,32?,33?/m0/s1. The highest BCUT2D eigenvalue weighted by molar-refractivity contribution is 5.91. The van der Waals surface area contributed by atoms with Gasteiger partial charge in [0.05, 0.1) is 19.8 Å². The van der Waals surface area contributed by atoms with E-state index in [9.17, 15) is 45.6 Å². The van der Waals surface area contributed by atoms with Crippen molar-refractivity contribution in [3.05, 3.63) is 57.8 Å². The van der Waals surface area contributed by atoms with Gasteiger partial charge in [0.25, 0.3) is 0 Å². The van der Waals surface area contributed by atoms with Crippen molar-refractivity contribution in [1.82, 2.24) is 0 Å². The number of aromatic hydroxyl groups is 1. The lowest BCUT2D eigenvalue weighted by Crippen LogP contribution is -2.60. The van der Waals surface area contributed by atoms with Crippen molar-refractivity contribution in [3.63, 3.8) is 0 Å². The summed E-state index contributed by atoms with van der Waals surface area (Å²) < 4.78 is 34.5. The van der Waals surface area contributed by atoms with Gasteiger partial charge in [-0.15, -0.1) is 0 Å². The first kappa shape index (κ1) is 35.5. The summed E-state index contributed by atoms with van der Waals surface area (Å²) in [5.41, 5.74) is 0.341. The lowest BCUT2D eigenvalue weighted by atomic mass is 9.99. The minimum atomic E-state index is -1.77. The van der Waals surface area contributed by atoms with E-state index in [2.05, 4.69) is 0 Å². The van der Waals surface area contributed by atoms with E-state index in [1.807, 2.05) is 13.8 Å². The molecule has 1 aromatic heterocycles. The van der Waals surface area contributed by atoms with Crippen molar-refractivity contribution in [3.8, 4) is 34.3 Å². The molecule has 8 N–H and O–H groups in total. The van der Waals surface area contributed by atoms with Gasteiger partial charge in [0.1, 0.15) is 70.9 Å². The minimum absolute atomic E-state index is 0.0725. The Kier molecular flexibility index (Phi) is 10.6. The molecule has 2 saturated heterocycles. The van der Waals surface area contributed by atoms with Crippen LogP contribution in [0.25, 0.3) is 22.3 Å². The predicted octanol–water partition coefficient (Wildman–Crippen LogP) is 0.0679. The fourth-order valence-corrected chi connectivity index (χ4v) is 5.52. The zero-order valence-corrected chi connectivity index (χ0v) is 26.6. The summed E-state index contributed by atoms with van der Waals surface area (Å²) in [5, 5.41) is 82.9. The molecule has 0 aliphatic carbocycles. The maximum atomic E-state index is 14.3. The van der Waals surface area contributed by atoms with Crippen LogP contribution < -0.4 is 19.6 Å². The Morgan fingerprint density at radius 1 is 0.875 bits per heavy atom. The van der Waals surface area contributed by atoms with Crippen molar-refractivity contribution in [1.29, 1.82) is 0 Å². The van der Waals surface area contributed by atoms with E-state index in [0.717, 1.165) is 11.6 Å². The van der Waals surface area contributed by atoms with Gasteiger partial charge in [0.15, 0.2) is 5.76 Å². The quantitative estimate of drug-likeness (QED) is 0.140. The molecule has 262 valence electrons. The zero-order chi connectivity index (χ0) is 35.0. The monoisotopic (exact) mass is 676 g/mol. The summed E-state index contributed by atoms with van der Waals surface area (Å²) in [6, 6.07) is 7.41. The number of ether oxygens (including phenoxy) is 5. The largest absolute Gasteiger partial charge is 0.507 e. The number of hydrogen-bond donors (Lipinski definition) is 8. The molecule has 2 aliphatic rings. The Bertz CT molecular complexity index is 1680. The highest BCUT2D eigenvalue weighted by Gasteiger charge is 2.46. The minimum Gasteiger partial charge on any atom is -0.507 e. The molecule has 2 fully saturated rings. The maximum absolute atomic E-state index is 14.3. The summed E-state index contributed by atoms with van der Waals surface area (Å²) in [4.78, 5) is 14.3. The number of fused-ring (bicyclic) bond motifs is 1. The van der Waals surface area contributed by atoms with Gasteiger partial charge in [0, 0.05) is 17.2 Å². The van der Waals surface area contributed by atoms with Gasteiger partial charge in [-0.1, -0.05) is 11.6 Å². The molecule has 2 aromatic carbocycles. The number of hydrogen-bond acceptors (Lipinski definition) is 15. The summed E-state index contributed by atoms with van der Waals surface area (Å²) in [6.45, 7) is 4.40. The molecule has 5 rings (SSSR count). The first-order chi connectivity index (χ1) is 22.8. The Morgan fingerprint density at radius 2 is 1.50 bits per heavy atom.